The number of pyridine rings is 1. The summed E-state index contributed by atoms with van der Waals surface area (Å²) in [5.74, 6) is 0.291. The molecule has 110 valence electrons. The average Bonchev–Trinajstić information content (AvgIpc) is 2.67. The molecule has 0 bridgehead atoms. The first-order valence-electron chi connectivity index (χ1n) is 6.35. The van der Waals surface area contributed by atoms with Crippen LogP contribution in [0.4, 0.5) is 11.5 Å². The number of hydrogen-bond acceptors (Lipinski definition) is 4. The molecule has 0 unspecified atom stereocenters. The topological polar surface area (TPSA) is 104 Å². The van der Waals surface area contributed by atoms with Gasteiger partial charge in [-0.3, -0.25) is 14.8 Å². The van der Waals surface area contributed by atoms with E-state index in [1.165, 1.54) is 4.68 Å². The number of carbonyl (C=O) groups excluding carboxylic acids is 1. The monoisotopic (exact) mass is 290 g/mol. The maximum atomic E-state index is 12.0. The highest BCUT2D eigenvalue weighted by atomic mass is 16.6. The molecule has 0 saturated carbocycles. The van der Waals surface area contributed by atoms with Crippen molar-refractivity contribution in [3.8, 4) is 0 Å². The Balaban J connectivity index is 2.16. The van der Waals surface area contributed by atoms with E-state index < -0.39 is 4.92 Å². The number of rotatable bonds is 4. The Morgan fingerprint density at radius 2 is 2.19 bits per heavy atom. The zero-order valence-corrected chi connectivity index (χ0v) is 12.0. The van der Waals surface area contributed by atoms with Crippen LogP contribution in [0.5, 0.6) is 0 Å². The fourth-order valence-electron chi connectivity index (χ4n) is 2.08. The van der Waals surface area contributed by atoms with Crippen LogP contribution in [0.25, 0.3) is 0 Å². The summed E-state index contributed by atoms with van der Waals surface area (Å²) in [6.45, 7) is 4.91. The number of aryl methyl sites for hydroxylation is 2. The first-order valence-corrected chi connectivity index (χ1v) is 6.35. The highest BCUT2D eigenvalue weighted by Crippen LogP contribution is 2.21. The third-order valence-corrected chi connectivity index (χ3v) is 3.15. The minimum atomic E-state index is -0.485. The third-order valence-electron chi connectivity index (χ3n) is 3.15. The predicted molar refractivity (Wildman–Crippen MR) is 74.7 cm³/mol. The highest BCUT2D eigenvalue weighted by Gasteiger charge is 2.24. The van der Waals surface area contributed by atoms with E-state index in [9.17, 15) is 14.9 Å². The number of aromatic amines is 1. The van der Waals surface area contributed by atoms with Gasteiger partial charge in [0.05, 0.1) is 11.1 Å². The maximum Gasteiger partial charge on any atom is 0.329 e. The molecule has 2 rings (SSSR count). The minimum Gasteiger partial charge on any atom is -0.258 e. The highest BCUT2D eigenvalue weighted by molar-refractivity contribution is 5.89. The van der Waals surface area contributed by atoms with E-state index in [4.69, 9.17) is 0 Å². The second kappa shape index (κ2) is 5.70. The standard InChI is InChI=1S/C13H15N5O3/c1-8-5-4-6-14-13(8)15-11(19)7-17-10(3)12(18(20)21)9(2)16-17/h4-6H,7H2,1-3H3,(H,14,15,19)/p+1. The molecule has 8 nitrogen and oxygen atoms in total. The Hall–Kier alpha value is -2.77. The Labute approximate surface area is 121 Å². The van der Waals surface area contributed by atoms with E-state index in [2.05, 4.69) is 15.4 Å². The van der Waals surface area contributed by atoms with Crippen LogP contribution in [-0.4, -0.2) is 20.6 Å². The van der Waals surface area contributed by atoms with Crippen molar-refractivity contribution in [1.29, 1.82) is 0 Å². The van der Waals surface area contributed by atoms with Crippen LogP contribution < -0.4 is 10.3 Å². The molecule has 8 heteroatoms. The van der Waals surface area contributed by atoms with Gasteiger partial charge in [-0.15, -0.1) is 0 Å². The summed E-state index contributed by atoms with van der Waals surface area (Å²) in [5, 5.41) is 17.7. The number of nitrogens with one attached hydrogen (secondary N) is 2. The molecule has 0 fully saturated rings. The molecule has 0 radical (unpaired) electrons. The number of aromatic nitrogens is 3. The molecule has 1 amide bonds. The van der Waals surface area contributed by atoms with Gasteiger partial charge in [0.2, 0.25) is 0 Å². The van der Waals surface area contributed by atoms with Crippen molar-refractivity contribution in [1.82, 2.24) is 9.78 Å². The number of anilines is 1. The predicted octanol–water partition coefficient (Wildman–Crippen LogP) is 1.17. The van der Waals surface area contributed by atoms with Gasteiger partial charge < -0.3 is 0 Å². The summed E-state index contributed by atoms with van der Waals surface area (Å²) in [4.78, 5) is 25.4. The molecule has 0 aliphatic heterocycles. The van der Waals surface area contributed by atoms with Gasteiger partial charge in [-0.25, -0.2) is 15.1 Å². The van der Waals surface area contributed by atoms with Crippen LogP contribution in [0.1, 0.15) is 17.0 Å². The molecule has 0 aromatic carbocycles. The van der Waals surface area contributed by atoms with Gasteiger partial charge in [0.25, 0.3) is 5.82 Å². The fraction of sp³-hybridized carbons (Fsp3) is 0.308. The lowest BCUT2D eigenvalue weighted by molar-refractivity contribution is -0.386. The summed E-state index contributed by atoms with van der Waals surface area (Å²) in [5.41, 5.74) is 1.50. The zero-order chi connectivity index (χ0) is 15.6. The van der Waals surface area contributed by atoms with Crippen LogP contribution in [0.3, 0.4) is 0 Å². The quantitative estimate of drug-likeness (QED) is 0.674. The molecule has 0 saturated heterocycles. The van der Waals surface area contributed by atoms with E-state index in [-0.39, 0.29) is 18.1 Å². The maximum absolute atomic E-state index is 12.0. The van der Waals surface area contributed by atoms with Crippen LogP contribution in [-0.2, 0) is 11.3 Å². The van der Waals surface area contributed by atoms with Crippen molar-refractivity contribution in [3.63, 3.8) is 0 Å². The number of hydrogen-bond donors (Lipinski definition) is 1. The van der Waals surface area contributed by atoms with Crippen LogP contribution >= 0.6 is 0 Å². The number of nitrogens with zero attached hydrogens (tertiary/aromatic N) is 3. The summed E-state index contributed by atoms with van der Waals surface area (Å²) < 4.78 is 1.33. The van der Waals surface area contributed by atoms with Crippen molar-refractivity contribution in [2.45, 2.75) is 27.3 Å². The Bertz CT molecular complexity index is 708. The molecular formula is C13H16N5O3+. The van der Waals surface area contributed by atoms with Crippen LogP contribution in [0.2, 0.25) is 0 Å². The normalized spacial score (nSPS) is 10.4. The van der Waals surface area contributed by atoms with Gasteiger partial charge in [-0.2, -0.15) is 5.10 Å². The van der Waals surface area contributed by atoms with Gasteiger partial charge >= 0.3 is 11.6 Å². The average molecular weight is 290 g/mol. The second-order valence-electron chi connectivity index (χ2n) is 4.71. The van der Waals surface area contributed by atoms with Crippen LogP contribution in [0.15, 0.2) is 18.3 Å². The number of H-pyrrole nitrogens is 1. The molecular weight excluding hydrogens is 274 g/mol. The second-order valence-corrected chi connectivity index (χ2v) is 4.71. The molecule has 2 aromatic heterocycles. The van der Waals surface area contributed by atoms with Gasteiger partial charge in [0, 0.05) is 5.56 Å². The molecule has 2 N–H and O–H groups in total. The van der Waals surface area contributed by atoms with Crippen molar-refractivity contribution < 1.29 is 14.7 Å². The number of carbonyl (C=O) groups is 1. The molecule has 0 spiro atoms. The van der Waals surface area contributed by atoms with Gasteiger partial charge in [-0.05, 0) is 32.9 Å². The summed E-state index contributed by atoms with van der Waals surface area (Å²) in [6.07, 6.45) is 1.71. The molecule has 2 aromatic rings. The Morgan fingerprint density at radius 1 is 1.48 bits per heavy atom. The molecule has 0 atom stereocenters. The molecule has 21 heavy (non-hydrogen) atoms. The largest absolute Gasteiger partial charge is 0.329 e. The Kier molecular flexibility index (Phi) is 3.97. The number of amides is 1. The van der Waals surface area contributed by atoms with Gasteiger partial charge in [0.15, 0.2) is 0 Å². The molecule has 0 aliphatic rings. The van der Waals surface area contributed by atoms with E-state index in [1.807, 2.05) is 19.1 Å². The summed E-state index contributed by atoms with van der Waals surface area (Å²) >= 11 is 0. The third kappa shape index (κ3) is 3.04. The van der Waals surface area contributed by atoms with Crippen molar-refractivity contribution >= 4 is 17.4 Å². The first-order chi connectivity index (χ1) is 9.90. The molecule has 2 heterocycles. The minimum absolute atomic E-state index is 0.0507. The van der Waals surface area contributed by atoms with E-state index in [0.29, 0.717) is 17.2 Å². The first kappa shape index (κ1) is 14.6. The Morgan fingerprint density at radius 3 is 2.76 bits per heavy atom. The van der Waals surface area contributed by atoms with E-state index in [1.54, 1.807) is 20.0 Å². The van der Waals surface area contributed by atoms with Crippen LogP contribution in [0, 0.1) is 30.9 Å². The SMILES string of the molecule is Cc1ccc[nH+]c1NC(=O)Cn1nc(C)c([N+](=O)[O-])c1C. The summed E-state index contributed by atoms with van der Waals surface area (Å²) in [6, 6.07) is 3.69. The molecule has 0 aliphatic carbocycles. The van der Waals surface area contributed by atoms with Crippen molar-refractivity contribution in [3.05, 3.63) is 45.4 Å². The van der Waals surface area contributed by atoms with Gasteiger partial charge in [-0.1, -0.05) is 0 Å². The van der Waals surface area contributed by atoms with Gasteiger partial charge in [0.1, 0.15) is 17.9 Å². The van der Waals surface area contributed by atoms with Crippen molar-refractivity contribution in [2.24, 2.45) is 0 Å². The van der Waals surface area contributed by atoms with Crippen molar-refractivity contribution in [2.75, 3.05) is 5.32 Å². The zero-order valence-electron chi connectivity index (χ0n) is 12.0. The lowest BCUT2D eigenvalue weighted by atomic mass is 10.3. The summed E-state index contributed by atoms with van der Waals surface area (Å²) in [7, 11) is 0. The van der Waals surface area contributed by atoms with E-state index in [0.717, 1.165) is 5.56 Å². The lowest BCUT2D eigenvalue weighted by Gasteiger charge is -2.02. The fourth-order valence-corrected chi connectivity index (χ4v) is 2.08. The van der Waals surface area contributed by atoms with E-state index >= 15 is 0 Å². The lowest BCUT2D eigenvalue weighted by Crippen LogP contribution is -2.25. The number of nitro groups is 1. The smallest absolute Gasteiger partial charge is 0.258 e.